The Morgan fingerprint density at radius 3 is 2.32 bits per heavy atom. The molecular formula is C19H37N5O. The van der Waals surface area contributed by atoms with E-state index < -0.39 is 0 Å². The van der Waals surface area contributed by atoms with Crippen LogP contribution in [-0.2, 0) is 4.79 Å². The Kier molecular flexibility index (Phi) is 8.00. The first-order chi connectivity index (χ1) is 12.0. The molecule has 2 fully saturated rings. The first kappa shape index (κ1) is 20.0. The van der Waals surface area contributed by atoms with E-state index in [-0.39, 0.29) is 18.0 Å². The van der Waals surface area contributed by atoms with Crippen LogP contribution in [0.15, 0.2) is 4.99 Å². The fourth-order valence-electron chi connectivity index (χ4n) is 3.82. The number of hydrogen-bond donors (Lipinski definition) is 3. The lowest BCUT2D eigenvalue weighted by atomic mass is 9.95. The maximum absolute atomic E-state index is 12.1. The van der Waals surface area contributed by atoms with Gasteiger partial charge >= 0.3 is 0 Å². The second-order valence-electron chi connectivity index (χ2n) is 8.04. The van der Waals surface area contributed by atoms with Gasteiger partial charge in [0.25, 0.3) is 0 Å². The number of amides is 1. The molecule has 0 unspecified atom stereocenters. The quantitative estimate of drug-likeness (QED) is 0.505. The van der Waals surface area contributed by atoms with Crippen molar-refractivity contribution in [2.24, 2.45) is 4.99 Å². The molecule has 144 valence electrons. The van der Waals surface area contributed by atoms with Crippen LogP contribution in [0.3, 0.4) is 0 Å². The van der Waals surface area contributed by atoms with Gasteiger partial charge in [-0.1, -0.05) is 25.7 Å². The minimum absolute atomic E-state index is 0.0603. The number of carbonyl (C=O) groups is 1. The molecule has 6 nitrogen and oxygen atoms in total. The van der Waals surface area contributed by atoms with Crippen molar-refractivity contribution in [3.8, 4) is 0 Å². The van der Waals surface area contributed by atoms with Gasteiger partial charge in [-0.25, -0.2) is 0 Å². The van der Waals surface area contributed by atoms with Crippen LogP contribution >= 0.6 is 0 Å². The lowest BCUT2D eigenvalue weighted by molar-refractivity contribution is -0.120. The van der Waals surface area contributed by atoms with E-state index in [9.17, 15) is 4.79 Å². The van der Waals surface area contributed by atoms with E-state index in [0.29, 0.717) is 12.0 Å². The molecule has 0 aromatic carbocycles. The normalized spacial score (nSPS) is 21.0. The zero-order valence-corrected chi connectivity index (χ0v) is 16.4. The summed E-state index contributed by atoms with van der Waals surface area (Å²) >= 11 is 0. The highest BCUT2D eigenvalue weighted by atomic mass is 16.2. The molecule has 1 aliphatic heterocycles. The molecule has 0 radical (unpaired) electrons. The number of nitrogens with zero attached hydrogens (tertiary/aromatic N) is 2. The molecule has 1 saturated heterocycles. The van der Waals surface area contributed by atoms with E-state index in [1.54, 1.807) is 7.05 Å². The maximum atomic E-state index is 12.1. The molecule has 0 spiro atoms. The van der Waals surface area contributed by atoms with Crippen molar-refractivity contribution in [3.63, 3.8) is 0 Å². The van der Waals surface area contributed by atoms with Crippen LogP contribution in [0.2, 0.25) is 0 Å². The first-order valence-electron chi connectivity index (χ1n) is 10.0. The van der Waals surface area contributed by atoms with Gasteiger partial charge in [0.2, 0.25) is 5.91 Å². The van der Waals surface area contributed by atoms with Gasteiger partial charge in [-0.3, -0.25) is 14.7 Å². The summed E-state index contributed by atoms with van der Waals surface area (Å²) in [5.74, 6) is 0.758. The topological polar surface area (TPSA) is 68.8 Å². The Labute approximate surface area is 153 Å². The predicted molar refractivity (Wildman–Crippen MR) is 104 cm³/mol. The first-order valence-corrected chi connectivity index (χ1v) is 10.0. The van der Waals surface area contributed by atoms with Gasteiger partial charge in [-0.05, 0) is 52.6 Å². The number of nitrogens with one attached hydrogen (secondary N) is 3. The van der Waals surface area contributed by atoms with Gasteiger partial charge in [-0.15, -0.1) is 0 Å². The largest absolute Gasteiger partial charge is 0.355 e. The van der Waals surface area contributed by atoms with Gasteiger partial charge in [0.1, 0.15) is 0 Å². The van der Waals surface area contributed by atoms with Crippen LogP contribution in [0.4, 0.5) is 0 Å². The number of carbonyl (C=O) groups excluding carboxylic acids is 1. The van der Waals surface area contributed by atoms with E-state index >= 15 is 0 Å². The Morgan fingerprint density at radius 2 is 1.68 bits per heavy atom. The molecule has 1 heterocycles. The highest BCUT2D eigenvalue weighted by Crippen LogP contribution is 2.19. The Balaban J connectivity index is 1.69. The highest BCUT2D eigenvalue weighted by Gasteiger charge is 2.28. The van der Waals surface area contributed by atoms with Crippen LogP contribution in [0.1, 0.15) is 65.2 Å². The molecule has 0 aromatic rings. The van der Waals surface area contributed by atoms with Crippen molar-refractivity contribution in [2.75, 3.05) is 33.2 Å². The average Bonchev–Trinajstić information content (AvgIpc) is 2.63. The second-order valence-corrected chi connectivity index (χ2v) is 8.04. The molecule has 1 amide bonds. The van der Waals surface area contributed by atoms with Crippen LogP contribution in [0, 0.1) is 0 Å². The van der Waals surface area contributed by atoms with Crippen molar-refractivity contribution in [2.45, 2.75) is 76.8 Å². The minimum Gasteiger partial charge on any atom is -0.355 e. The van der Waals surface area contributed by atoms with Crippen LogP contribution in [0.25, 0.3) is 0 Å². The monoisotopic (exact) mass is 351 g/mol. The molecule has 6 heteroatoms. The Hall–Kier alpha value is -1.30. The molecule has 2 rings (SSSR count). The summed E-state index contributed by atoms with van der Waals surface area (Å²) < 4.78 is 0. The fraction of sp³-hybridized carbons (Fsp3) is 0.895. The van der Waals surface area contributed by atoms with Gasteiger partial charge in [0.15, 0.2) is 5.96 Å². The average molecular weight is 352 g/mol. The van der Waals surface area contributed by atoms with Gasteiger partial charge in [0.05, 0.1) is 6.54 Å². The molecule has 1 aliphatic carbocycles. The number of likely N-dealkylation sites (tertiary alicyclic amines) is 1. The van der Waals surface area contributed by atoms with Gasteiger partial charge < -0.3 is 16.0 Å². The van der Waals surface area contributed by atoms with Crippen LogP contribution in [-0.4, -0.2) is 61.6 Å². The second kappa shape index (κ2) is 10.00. The summed E-state index contributed by atoms with van der Waals surface area (Å²) in [6, 6.07) is 0.357. The van der Waals surface area contributed by atoms with Crippen LogP contribution < -0.4 is 16.0 Å². The highest BCUT2D eigenvalue weighted by molar-refractivity contribution is 5.86. The number of aliphatic imine (C=N–C) groups is 1. The molecule has 2 aliphatic rings. The predicted octanol–water partition coefficient (Wildman–Crippen LogP) is 1.86. The molecule has 3 N–H and O–H groups in total. The maximum Gasteiger partial charge on any atom is 0.239 e. The summed E-state index contributed by atoms with van der Waals surface area (Å²) in [6.45, 7) is 7.98. The molecule has 1 saturated carbocycles. The van der Waals surface area contributed by atoms with Crippen molar-refractivity contribution < 1.29 is 4.79 Å². The lowest BCUT2D eigenvalue weighted by Gasteiger charge is -2.41. The van der Waals surface area contributed by atoms with E-state index in [1.165, 1.54) is 51.6 Å². The number of piperidine rings is 1. The van der Waals surface area contributed by atoms with E-state index in [2.05, 4.69) is 39.7 Å². The van der Waals surface area contributed by atoms with Crippen LogP contribution in [0.5, 0.6) is 0 Å². The Morgan fingerprint density at radius 1 is 1.04 bits per heavy atom. The Bertz CT molecular complexity index is 437. The third-order valence-electron chi connectivity index (χ3n) is 5.51. The standard InChI is InChI=1S/C19H37N5O/c1-19(2,24-12-8-5-9-13-24)15-22-18(20-3)21-14-17(25)23-16-10-6-4-7-11-16/h16H,4-15H2,1-3H3,(H,23,25)(H2,20,21,22). The molecule has 25 heavy (non-hydrogen) atoms. The summed E-state index contributed by atoms with van der Waals surface area (Å²) in [6.07, 6.45) is 9.91. The summed E-state index contributed by atoms with van der Waals surface area (Å²) in [7, 11) is 1.75. The zero-order valence-electron chi connectivity index (χ0n) is 16.4. The summed E-state index contributed by atoms with van der Waals surface area (Å²) in [5, 5.41) is 9.66. The summed E-state index contributed by atoms with van der Waals surface area (Å²) in [4.78, 5) is 18.9. The van der Waals surface area contributed by atoms with Crippen molar-refractivity contribution in [3.05, 3.63) is 0 Å². The van der Waals surface area contributed by atoms with E-state index in [1.807, 2.05) is 0 Å². The summed E-state index contributed by atoms with van der Waals surface area (Å²) in [5.41, 5.74) is 0.0857. The zero-order chi connectivity index (χ0) is 18.1. The van der Waals surface area contributed by atoms with E-state index in [4.69, 9.17) is 0 Å². The SMILES string of the molecule is CN=C(NCC(=O)NC1CCCCC1)NCC(C)(C)N1CCCCC1. The number of hydrogen-bond acceptors (Lipinski definition) is 3. The molecule has 0 aromatic heterocycles. The third-order valence-corrected chi connectivity index (χ3v) is 5.51. The molecular weight excluding hydrogens is 314 g/mol. The molecule has 0 atom stereocenters. The number of rotatable bonds is 6. The van der Waals surface area contributed by atoms with Crippen molar-refractivity contribution in [1.82, 2.24) is 20.9 Å². The lowest BCUT2D eigenvalue weighted by Crippen LogP contribution is -2.55. The minimum atomic E-state index is 0.0603. The smallest absolute Gasteiger partial charge is 0.239 e. The van der Waals surface area contributed by atoms with Crippen molar-refractivity contribution >= 4 is 11.9 Å². The molecule has 0 bridgehead atoms. The third kappa shape index (κ3) is 6.84. The van der Waals surface area contributed by atoms with Gasteiger partial charge in [-0.2, -0.15) is 0 Å². The van der Waals surface area contributed by atoms with E-state index in [0.717, 1.165) is 19.4 Å². The number of guanidine groups is 1. The van der Waals surface area contributed by atoms with Crippen molar-refractivity contribution in [1.29, 1.82) is 0 Å². The van der Waals surface area contributed by atoms with Gasteiger partial charge in [0, 0.05) is 25.2 Å². The fourth-order valence-corrected chi connectivity index (χ4v) is 3.82.